The average molecular weight is 254 g/mol. The third kappa shape index (κ3) is 2.00. The molecule has 2 rings (SSSR count). The zero-order valence-corrected chi connectivity index (χ0v) is 10.4. The van der Waals surface area contributed by atoms with Crippen molar-refractivity contribution in [3.8, 4) is 0 Å². The number of carbonyl (C=O) groups is 2. The molecule has 0 radical (unpaired) electrons. The molecule has 3 N–H and O–H groups in total. The highest BCUT2D eigenvalue weighted by molar-refractivity contribution is 6.10. The molecule has 1 saturated carbocycles. The molecule has 0 spiro atoms. The SMILES string of the molecule is CN1CCCN(C(=O)C2(C(N)=NO)CC2)CC1=O. The normalized spacial score (nSPS) is 23.8. The molecule has 100 valence electrons. The second-order valence-corrected chi connectivity index (χ2v) is 4.96. The molecular weight excluding hydrogens is 236 g/mol. The van der Waals surface area contributed by atoms with E-state index in [0.29, 0.717) is 25.9 Å². The monoisotopic (exact) mass is 254 g/mol. The van der Waals surface area contributed by atoms with Crippen LogP contribution in [-0.4, -0.2) is 59.3 Å². The Balaban J connectivity index is 2.12. The molecule has 0 unspecified atom stereocenters. The molecule has 0 atom stereocenters. The highest BCUT2D eigenvalue weighted by Gasteiger charge is 2.56. The van der Waals surface area contributed by atoms with Gasteiger partial charge in [0.25, 0.3) is 0 Å². The number of rotatable bonds is 2. The summed E-state index contributed by atoms with van der Waals surface area (Å²) in [5.41, 5.74) is 4.72. The lowest BCUT2D eigenvalue weighted by atomic mass is 10.0. The van der Waals surface area contributed by atoms with Gasteiger partial charge >= 0.3 is 0 Å². The summed E-state index contributed by atoms with van der Waals surface area (Å²) in [5, 5.41) is 11.7. The zero-order chi connectivity index (χ0) is 13.3. The third-order valence-electron chi connectivity index (χ3n) is 3.72. The Morgan fingerprint density at radius 3 is 2.67 bits per heavy atom. The van der Waals surface area contributed by atoms with E-state index in [9.17, 15) is 9.59 Å². The molecule has 0 bridgehead atoms. The van der Waals surface area contributed by atoms with Crippen molar-refractivity contribution in [2.75, 3.05) is 26.7 Å². The fourth-order valence-electron chi connectivity index (χ4n) is 2.26. The van der Waals surface area contributed by atoms with Crippen LogP contribution in [0.1, 0.15) is 19.3 Å². The van der Waals surface area contributed by atoms with Crippen LogP contribution in [-0.2, 0) is 9.59 Å². The van der Waals surface area contributed by atoms with E-state index in [2.05, 4.69) is 5.16 Å². The molecule has 1 aliphatic heterocycles. The second-order valence-electron chi connectivity index (χ2n) is 4.96. The summed E-state index contributed by atoms with van der Waals surface area (Å²) in [4.78, 5) is 27.3. The van der Waals surface area contributed by atoms with Crippen LogP contribution in [0, 0.1) is 5.41 Å². The van der Waals surface area contributed by atoms with Crippen molar-refractivity contribution in [2.45, 2.75) is 19.3 Å². The lowest BCUT2D eigenvalue weighted by Gasteiger charge is -2.24. The molecule has 2 amide bonds. The van der Waals surface area contributed by atoms with Gasteiger partial charge < -0.3 is 20.7 Å². The minimum Gasteiger partial charge on any atom is -0.409 e. The number of oxime groups is 1. The molecule has 0 aromatic heterocycles. The molecular formula is C11H18N4O3. The van der Waals surface area contributed by atoms with Crippen molar-refractivity contribution in [2.24, 2.45) is 16.3 Å². The Bertz CT molecular complexity index is 403. The van der Waals surface area contributed by atoms with E-state index < -0.39 is 5.41 Å². The Hall–Kier alpha value is -1.79. The topological polar surface area (TPSA) is 99.2 Å². The van der Waals surface area contributed by atoms with E-state index >= 15 is 0 Å². The standard InChI is InChI=1S/C11H18N4O3/c1-14-5-2-6-15(7-8(14)16)10(17)11(3-4-11)9(12)13-18/h18H,2-7H2,1H3,(H2,12,13). The first-order chi connectivity index (χ1) is 8.51. The van der Waals surface area contributed by atoms with Crippen molar-refractivity contribution in [3.05, 3.63) is 0 Å². The van der Waals surface area contributed by atoms with Crippen LogP contribution in [0.2, 0.25) is 0 Å². The van der Waals surface area contributed by atoms with Gasteiger partial charge in [-0.3, -0.25) is 9.59 Å². The van der Waals surface area contributed by atoms with Crippen LogP contribution in [0.25, 0.3) is 0 Å². The van der Waals surface area contributed by atoms with E-state index in [0.717, 1.165) is 6.42 Å². The maximum atomic E-state index is 12.4. The van der Waals surface area contributed by atoms with Crippen molar-refractivity contribution >= 4 is 17.6 Å². The van der Waals surface area contributed by atoms with Gasteiger partial charge in [0.15, 0.2) is 5.84 Å². The average Bonchev–Trinajstić information content (AvgIpc) is 3.16. The highest BCUT2D eigenvalue weighted by Crippen LogP contribution is 2.47. The smallest absolute Gasteiger partial charge is 0.241 e. The van der Waals surface area contributed by atoms with Gasteiger partial charge in [-0.1, -0.05) is 5.16 Å². The molecule has 0 aromatic rings. The number of nitrogens with zero attached hydrogens (tertiary/aromatic N) is 3. The summed E-state index contributed by atoms with van der Waals surface area (Å²) in [7, 11) is 1.73. The molecule has 1 saturated heterocycles. The van der Waals surface area contributed by atoms with Gasteiger partial charge in [0, 0.05) is 20.1 Å². The molecule has 1 heterocycles. The van der Waals surface area contributed by atoms with Crippen LogP contribution in [0.3, 0.4) is 0 Å². The quantitative estimate of drug-likeness (QED) is 0.292. The van der Waals surface area contributed by atoms with E-state index in [1.807, 2.05) is 0 Å². The Morgan fingerprint density at radius 2 is 2.11 bits per heavy atom. The third-order valence-corrected chi connectivity index (χ3v) is 3.72. The summed E-state index contributed by atoms with van der Waals surface area (Å²) in [6, 6.07) is 0. The van der Waals surface area contributed by atoms with E-state index in [1.165, 1.54) is 4.90 Å². The van der Waals surface area contributed by atoms with Crippen LogP contribution in [0.15, 0.2) is 5.16 Å². The molecule has 7 nitrogen and oxygen atoms in total. The number of carbonyl (C=O) groups excluding carboxylic acids is 2. The predicted molar refractivity (Wildman–Crippen MR) is 63.9 cm³/mol. The minimum absolute atomic E-state index is 0.0439. The highest BCUT2D eigenvalue weighted by atomic mass is 16.4. The van der Waals surface area contributed by atoms with E-state index in [1.54, 1.807) is 11.9 Å². The van der Waals surface area contributed by atoms with Gasteiger partial charge in [-0.25, -0.2) is 0 Å². The first-order valence-electron chi connectivity index (χ1n) is 6.02. The van der Waals surface area contributed by atoms with Crippen LogP contribution < -0.4 is 5.73 Å². The van der Waals surface area contributed by atoms with Crippen molar-refractivity contribution in [1.82, 2.24) is 9.80 Å². The summed E-state index contributed by atoms with van der Waals surface area (Å²) in [6.07, 6.45) is 1.92. The molecule has 1 aliphatic carbocycles. The summed E-state index contributed by atoms with van der Waals surface area (Å²) in [5.74, 6) is -0.310. The summed E-state index contributed by atoms with van der Waals surface area (Å²) < 4.78 is 0. The number of amidine groups is 1. The van der Waals surface area contributed by atoms with Gasteiger partial charge in [-0.15, -0.1) is 0 Å². The van der Waals surface area contributed by atoms with Crippen LogP contribution >= 0.6 is 0 Å². The van der Waals surface area contributed by atoms with Crippen molar-refractivity contribution in [3.63, 3.8) is 0 Å². The number of hydrogen-bond acceptors (Lipinski definition) is 4. The molecule has 2 aliphatic rings. The molecule has 0 aromatic carbocycles. The van der Waals surface area contributed by atoms with E-state index in [4.69, 9.17) is 10.9 Å². The maximum absolute atomic E-state index is 12.4. The van der Waals surface area contributed by atoms with Gasteiger partial charge in [-0.2, -0.15) is 0 Å². The van der Waals surface area contributed by atoms with Crippen molar-refractivity contribution in [1.29, 1.82) is 0 Å². The lowest BCUT2D eigenvalue weighted by Crippen LogP contribution is -2.46. The van der Waals surface area contributed by atoms with E-state index in [-0.39, 0.29) is 24.2 Å². The number of hydrogen-bond donors (Lipinski definition) is 2. The number of nitrogens with two attached hydrogens (primary N) is 1. The second kappa shape index (κ2) is 4.47. The summed E-state index contributed by atoms with van der Waals surface area (Å²) >= 11 is 0. The van der Waals surface area contributed by atoms with Crippen LogP contribution in [0.4, 0.5) is 0 Å². The Kier molecular flexibility index (Phi) is 3.14. The molecule has 2 fully saturated rings. The number of likely N-dealkylation sites (N-methyl/N-ethyl adjacent to an activating group) is 1. The lowest BCUT2D eigenvalue weighted by molar-refractivity contribution is -0.140. The van der Waals surface area contributed by atoms with Gasteiger partial charge in [0.2, 0.25) is 11.8 Å². The van der Waals surface area contributed by atoms with Gasteiger partial charge in [0.1, 0.15) is 5.41 Å². The fraction of sp³-hybridized carbons (Fsp3) is 0.727. The molecule has 7 heteroatoms. The summed E-state index contributed by atoms with van der Waals surface area (Å²) in [6.45, 7) is 1.27. The first-order valence-corrected chi connectivity index (χ1v) is 6.02. The van der Waals surface area contributed by atoms with Gasteiger partial charge in [0.05, 0.1) is 6.54 Å². The van der Waals surface area contributed by atoms with Crippen molar-refractivity contribution < 1.29 is 14.8 Å². The number of amides is 2. The zero-order valence-electron chi connectivity index (χ0n) is 10.4. The Labute approximate surface area is 105 Å². The Morgan fingerprint density at radius 1 is 1.44 bits per heavy atom. The van der Waals surface area contributed by atoms with Crippen LogP contribution in [0.5, 0.6) is 0 Å². The predicted octanol–water partition coefficient (Wildman–Crippen LogP) is -0.796. The molecule has 18 heavy (non-hydrogen) atoms. The first kappa shape index (κ1) is 12.7. The van der Waals surface area contributed by atoms with Gasteiger partial charge in [-0.05, 0) is 19.3 Å². The fourth-order valence-corrected chi connectivity index (χ4v) is 2.26. The largest absolute Gasteiger partial charge is 0.409 e. The minimum atomic E-state index is -0.863. The maximum Gasteiger partial charge on any atom is 0.241 e.